The summed E-state index contributed by atoms with van der Waals surface area (Å²) >= 11 is 3.38. The van der Waals surface area contributed by atoms with E-state index in [-0.39, 0.29) is 5.91 Å². The molecule has 1 aliphatic rings. The highest BCUT2D eigenvalue weighted by atomic mass is 79.9. The van der Waals surface area contributed by atoms with Crippen LogP contribution in [0.1, 0.15) is 24.8 Å². The van der Waals surface area contributed by atoms with Crippen LogP contribution in [0.3, 0.4) is 0 Å². The summed E-state index contributed by atoms with van der Waals surface area (Å²) in [5, 5.41) is 13.1. The van der Waals surface area contributed by atoms with Gasteiger partial charge in [0.1, 0.15) is 0 Å². The predicted octanol–water partition coefficient (Wildman–Crippen LogP) is 2.04. The van der Waals surface area contributed by atoms with E-state index in [0.29, 0.717) is 45.4 Å². The molecule has 5 heteroatoms. The van der Waals surface area contributed by atoms with E-state index in [1.54, 1.807) is 0 Å². The van der Waals surface area contributed by atoms with Gasteiger partial charge in [-0.05, 0) is 24.1 Å². The number of rotatable bonds is 5. The van der Waals surface area contributed by atoms with E-state index in [1.165, 1.54) is 0 Å². The fraction of sp³-hybridized carbons (Fsp3) is 0.533. The lowest BCUT2D eigenvalue weighted by molar-refractivity contribution is -0.123. The molecule has 0 aromatic heterocycles. The number of amides is 1. The lowest BCUT2D eigenvalue weighted by atomic mass is 9.94. The van der Waals surface area contributed by atoms with Crippen LogP contribution < -0.4 is 5.32 Å². The summed E-state index contributed by atoms with van der Waals surface area (Å²) < 4.78 is 6.24. The average Bonchev–Trinajstić information content (AvgIpc) is 2.45. The van der Waals surface area contributed by atoms with Crippen LogP contribution in [-0.2, 0) is 16.0 Å². The number of nitrogens with one attached hydrogen (secondary N) is 1. The topological polar surface area (TPSA) is 58.6 Å². The van der Waals surface area contributed by atoms with E-state index in [9.17, 15) is 9.90 Å². The van der Waals surface area contributed by atoms with Gasteiger partial charge in [0.05, 0.1) is 5.60 Å². The number of benzene rings is 1. The fourth-order valence-corrected chi connectivity index (χ4v) is 2.45. The molecule has 1 heterocycles. The molecule has 2 rings (SSSR count). The van der Waals surface area contributed by atoms with E-state index >= 15 is 0 Å². The summed E-state index contributed by atoms with van der Waals surface area (Å²) in [6, 6.07) is 7.95. The van der Waals surface area contributed by atoms with Crippen LogP contribution in [0, 0.1) is 0 Å². The first kappa shape index (κ1) is 15.5. The Morgan fingerprint density at radius 3 is 2.60 bits per heavy atom. The quantitative estimate of drug-likeness (QED) is 0.861. The number of halogens is 1. The molecule has 20 heavy (non-hydrogen) atoms. The molecular weight excluding hydrogens is 322 g/mol. The summed E-state index contributed by atoms with van der Waals surface area (Å²) in [4.78, 5) is 11.8. The minimum atomic E-state index is -0.800. The number of hydrogen-bond donors (Lipinski definition) is 2. The highest BCUT2D eigenvalue weighted by Gasteiger charge is 2.29. The van der Waals surface area contributed by atoms with E-state index < -0.39 is 5.60 Å². The molecule has 4 nitrogen and oxygen atoms in total. The molecule has 2 N–H and O–H groups in total. The van der Waals surface area contributed by atoms with Crippen LogP contribution in [0.15, 0.2) is 28.7 Å². The Kier molecular flexibility index (Phi) is 5.57. The van der Waals surface area contributed by atoms with Crippen LogP contribution in [-0.4, -0.2) is 36.4 Å². The normalized spacial score (nSPS) is 17.7. The number of hydrogen-bond acceptors (Lipinski definition) is 3. The SMILES string of the molecule is O=C(CCc1ccc(Br)cc1)NCC1(O)CCOCC1. The third-order valence-electron chi connectivity index (χ3n) is 3.59. The van der Waals surface area contributed by atoms with E-state index in [0.717, 1.165) is 10.0 Å². The number of aryl methyl sites for hydroxylation is 1. The number of carbonyl (C=O) groups excluding carboxylic acids is 1. The number of ether oxygens (including phenoxy) is 1. The largest absolute Gasteiger partial charge is 0.388 e. The molecule has 0 aliphatic carbocycles. The second-order valence-corrected chi connectivity index (χ2v) is 6.16. The molecular formula is C15H20BrNO3. The Morgan fingerprint density at radius 1 is 1.30 bits per heavy atom. The molecule has 1 amide bonds. The average molecular weight is 342 g/mol. The van der Waals surface area contributed by atoms with Gasteiger partial charge in [-0.25, -0.2) is 0 Å². The summed E-state index contributed by atoms with van der Waals surface area (Å²) in [6.07, 6.45) is 2.31. The van der Waals surface area contributed by atoms with Crippen molar-refractivity contribution in [3.8, 4) is 0 Å². The summed E-state index contributed by atoms with van der Waals surface area (Å²) in [5.41, 5.74) is 0.332. The molecule has 1 aromatic rings. The van der Waals surface area contributed by atoms with Gasteiger partial charge in [0.15, 0.2) is 0 Å². The summed E-state index contributed by atoms with van der Waals surface area (Å²) in [7, 11) is 0. The van der Waals surface area contributed by atoms with Gasteiger partial charge in [-0.2, -0.15) is 0 Å². The Hall–Kier alpha value is -0.910. The summed E-state index contributed by atoms with van der Waals surface area (Å²) in [6.45, 7) is 1.44. The monoisotopic (exact) mass is 341 g/mol. The highest BCUT2D eigenvalue weighted by molar-refractivity contribution is 9.10. The molecule has 110 valence electrons. The Labute approximate surface area is 127 Å². The molecule has 0 saturated carbocycles. The minimum absolute atomic E-state index is 0.0205. The summed E-state index contributed by atoms with van der Waals surface area (Å²) in [5.74, 6) is -0.0205. The molecule has 0 bridgehead atoms. The van der Waals surface area contributed by atoms with Gasteiger partial charge < -0.3 is 15.2 Å². The molecule has 1 fully saturated rings. The van der Waals surface area contributed by atoms with Gasteiger partial charge in [-0.1, -0.05) is 28.1 Å². The minimum Gasteiger partial charge on any atom is -0.388 e. The molecule has 0 radical (unpaired) electrons. The standard InChI is InChI=1S/C15H20BrNO3/c16-13-4-1-12(2-5-13)3-6-14(18)17-11-15(19)7-9-20-10-8-15/h1-2,4-5,19H,3,6-11H2,(H,17,18). The van der Waals surface area contributed by atoms with Gasteiger partial charge in [-0.15, -0.1) is 0 Å². The van der Waals surface area contributed by atoms with Crippen LogP contribution in [0.5, 0.6) is 0 Å². The Balaban J connectivity index is 1.71. The maximum absolute atomic E-state index is 11.8. The molecule has 0 atom stereocenters. The maximum atomic E-state index is 11.8. The molecule has 1 aliphatic heterocycles. The van der Waals surface area contributed by atoms with Gasteiger partial charge in [0.2, 0.25) is 5.91 Å². The first-order chi connectivity index (χ1) is 9.57. The second-order valence-electron chi connectivity index (χ2n) is 5.24. The van der Waals surface area contributed by atoms with Crippen LogP contribution in [0.4, 0.5) is 0 Å². The van der Waals surface area contributed by atoms with Crippen molar-refractivity contribution in [2.75, 3.05) is 19.8 Å². The highest BCUT2D eigenvalue weighted by Crippen LogP contribution is 2.19. The van der Waals surface area contributed by atoms with Gasteiger partial charge in [0.25, 0.3) is 0 Å². The van der Waals surface area contributed by atoms with Gasteiger partial charge >= 0.3 is 0 Å². The first-order valence-electron chi connectivity index (χ1n) is 6.89. The number of carbonyl (C=O) groups is 1. The zero-order chi connectivity index (χ0) is 14.4. The van der Waals surface area contributed by atoms with Crippen molar-refractivity contribution in [2.45, 2.75) is 31.3 Å². The molecule has 1 aromatic carbocycles. The molecule has 1 saturated heterocycles. The van der Waals surface area contributed by atoms with E-state index in [1.807, 2.05) is 24.3 Å². The molecule has 0 spiro atoms. The van der Waals surface area contributed by atoms with Crippen molar-refractivity contribution in [3.05, 3.63) is 34.3 Å². The smallest absolute Gasteiger partial charge is 0.220 e. The zero-order valence-electron chi connectivity index (χ0n) is 11.4. The first-order valence-corrected chi connectivity index (χ1v) is 7.68. The third-order valence-corrected chi connectivity index (χ3v) is 4.12. The van der Waals surface area contributed by atoms with Gasteiger partial charge in [0, 0.05) is 43.5 Å². The number of aliphatic hydroxyl groups is 1. The van der Waals surface area contributed by atoms with Crippen molar-refractivity contribution < 1.29 is 14.6 Å². The van der Waals surface area contributed by atoms with Crippen molar-refractivity contribution in [1.29, 1.82) is 0 Å². The van der Waals surface area contributed by atoms with Crippen molar-refractivity contribution in [2.24, 2.45) is 0 Å². The fourth-order valence-electron chi connectivity index (χ4n) is 2.19. The Bertz CT molecular complexity index is 441. The van der Waals surface area contributed by atoms with E-state index in [2.05, 4.69) is 21.2 Å². The predicted molar refractivity (Wildman–Crippen MR) is 80.5 cm³/mol. The molecule has 0 unspecified atom stereocenters. The van der Waals surface area contributed by atoms with Crippen LogP contribution in [0.2, 0.25) is 0 Å². The Morgan fingerprint density at radius 2 is 1.95 bits per heavy atom. The zero-order valence-corrected chi connectivity index (χ0v) is 13.0. The van der Waals surface area contributed by atoms with Crippen molar-refractivity contribution >= 4 is 21.8 Å². The van der Waals surface area contributed by atoms with Crippen LogP contribution >= 0.6 is 15.9 Å². The maximum Gasteiger partial charge on any atom is 0.220 e. The lowest BCUT2D eigenvalue weighted by Crippen LogP contribution is -2.46. The lowest BCUT2D eigenvalue weighted by Gasteiger charge is -2.32. The van der Waals surface area contributed by atoms with Gasteiger partial charge in [-0.3, -0.25) is 4.79 Å². The van der Waals surface area contributed by atoms with Crippen molar-refractivity contribution in [1.82, 2.24) is 5.32 Å². The second kappa shape index (κ2) is 7.20. The van der Waals surface area contributed by atoms with Crippen molar-refractivity contribution in [3.63, 3.8) is 0 Å². The van der Waals surface area contributed by atoms with E-state index in [4.69, 9.17) is 4.74 Å². The third kappa shape index (κ3) is 4.89. The van der Waals surface area contributed by atoms with Crippen LogP contribution in [0.25, 0.3) is 0 Å².